The summed E-state index contributed by atoms with van der Waals surface area (Å²) in [6, 6.07) is 7.99. The third kappa shape index (κ3) is 11.3. The van der Waals surface area contributed by atoms with Crippen LogP contribution in [0.2, 0.25) is 0 Å². The molecule has 27 heavy (non-hydrogen) atoms. The van der Waals surface area contributed by atoms with E-state index in [4.69, 9.17) is 4.52 Å². The molecule has 0 aliphatic rings. The molecule has 160 valence electrons. The quantitative estimate of drug-likeness (QED) is 0.268. The standard InChI is InChI=1S/C19H35N3O2P.BrH.Pt/c1-8-24-25(23,22(6)7)11-9-10-17-12-18(15-20(2)3)14-19(13-17)16-21(4)5;;/h12,14H,8-11,15-16H2,1-7H3;1H;/q-1;;+2/p-1. The molecule has 8 heteroatoms. The second kappa shape index (κ2) is 14.4. The molecule has 0 amide bonds. The van der Waals surface area contributed by atoms with E-state index in [1.807, 2.05) is 38.8 Å². The third-order valence-electron chi connectivity index (χ3n) is 3.85. The van der Waals surface area contributed by atoms with Crippen molar-refractivity contribution in [3.63, 3.8) is 0 Å². The van der Waals surface area contributed by atoms with Gasteiger partial charge in [-0.05, 0) is 55.6 Å². The molecule has 0 fully saturated rings. The third-order valence-corrected chi connectivity index (χ3v) is 6.61. The number of hydrogen-bond acceptors (Lipinski definition) is 4. The van der Waals surface area contributed by atoms with Crippen molar-refractivity contribution in [1.82, 2.24) is 14.5 Å². The number of hydrogen-bond donors (Lipinski definition) is 0. The zero-order valence-corrected chi connectivity index (χ0v) is 22.4. The Morgan fingerprint density at radius 3 is 2.07 bits per heavy atom. The summed E-state index contributed by atoms with van der Waals surface area (Å²) in [6.07, 6.45) is 2.27. The van der Waals surface area contributed by atoms with Gasteiger partial charge < -0.3 is 14.3 Å². The van der Waals surface area contributed by atoms with E-state index in [9.17, 15) is 4.57 Å². The van der Waals surface area contributed by atoms with Crippen molar-refractivity contribution in [3.8, 4) is 0 Å². The van der Waals surface area contributed by atoms with E-state index >= 15 is 0 Å². The first-order valence-electron chi connectivity index (χ1n) is 9.03. The maximum atomic E-state index is 12.8. The number of aryl methyl sites for hydroxylation is 1. The predicted molar refractivity (Wildman–Crippen MR) is 115 cm³/mol. The second-order valence-corrected chi connectivity index (χ2v) is 10.0. The maximum absolute atomic E-state index is 12.8. The first kappa shape index (κ1) is 27.5. The molecular weight excluding hydrogens is 608 g/mol. The molecule has 0 radical (unpaired) electrons. The van der Waals surface area contributed by atoms with Crippen LogP contribution in [0.15, 0.2) is 12.1 Å². The van der Waals surface area contributed by atoms with Crippen LogP contribution >= 0.6 is 20.8 Å². The van der Waals surface area contributed by atoms with Crippen molar-refractivity contribution in [2.45, 2.75) is 32.9 Å². The Kier molecular flexibility index (Phi) is 14.7. The van der Waals surface area contributed by atoms with Gasteiger partial charge in [-0.3, -0.25) is 4.57 Å². The molecule has 0 heterocycles. The van der Waals surface area contributed by atoms with Gasteiger partial charge in [0.05, 0.1) is 6.61 Å². The van der Waals surface area contributed by atoms with E-state index in [1.54, 1.807) is 4.67 Å². The molecule has 1 rings (SSSR count). The molecule has 0 aromatic heterocycles. The van der Waals surface area contributed by atoms with E-state index in [-0.39, 0.29) is 0 Å². The monoisotopic (exact) mass is 642 g/mol. The molecule has 1 unspecified atom stereocenters. The van der Waals surface area contributed by atoms with Gasteiger partial charge >= 0.3 is 31.1 Å². The van der Waals surface area contributed by atoms with Crippen LogP contribution in [0.3, 0.4) is 0 Å². The number of rotatable bonds is 11. The Hall–Kier alpha value is 0.458. The predicted octanol–water partition coefficient (Wildman–Crippen LogP) is 4.18. The van der Waals surface area contributed by atoms with Crippen molar-refractivity contribution in [2.75, 3.05) is 55.1 Å². The van der Waals surface area contributed by atoms with Gasteiger partial charge in [-0.1, -0.05) is 6.42 Å². The topological polar surface area (TPSA) is 36.0 Å². The normalized spacial score (nSPS) is 13.7. The van der Waals surface area contributed by atoms with Gasteiger partial charge in [-0.2, -0.15) is 23.8 Å². The van der Waals surface area contributed by atoms with Crippen LogP contribution in [0.4, 0.5) is 0 Å². The molecule has 0 saturated carbocycles. The van der Waals surface area contributed by atoms with Crippen molar-refractivity contribution in [1.29, 1.82) is 0 Å². The van der Waals surface area contributed by atoms with Crippen molar-refractivity contribution in [2.24, 2.45) is 0 Å². The Morgan fingerprint density at radius 1 is 1.04 bits per heavy atom. The van der Waals surface area contributed by atoms with Gasteiger partial charge in [0.25, 0.3) is 7.52 Å². The number of nitrogens with zero attached hydrogens (tertiary/aromatic N) is 3. The zero-order valence-electron chi connectivity index (χ0n) is 17.7. The van der Waals surface area contributed by atoms with Gasteiger partial charge in [-0.25, -0.2) is 4.67 Å². The fourth-order valence-corrected chi connectivity index (χ4v) is 4.56. The average molecular weight is 643 g/mol. The summed E-state index contributed by atoms with van der Waals surface area (Å²) >= 11 is 4.86. The van der Waals surface area contributed by atoms with Gasteiger partial charge in [-0.15, -0.1) is 11.1 Å². The first-order valence-corrected chi connectivity index (χ1v) is 15.8. The van der Waals surface area contributed by atoms with Crippen molar-refractivity contribution >= 4 is 20.8 Å². The molecule has 1 aromatic rings. The number of benzene rings is 1. The Bertz CT molecular complexity index is 558. The summed E-state index contributed by atoms with van der Waals surface area (Å²) in [7, 11) is 9.27. The summed E-state index contributed by atoms with van der Waals surface area (Å²) in [5.41, 5.74) is 3.70. The van der Waals surface area contributed by atoms with Crippen LogP contribution < -0.4 is 0 Å². The van der Waals surface area contributed by atoms with Crippen molar-refractivity contribution < 1.29 is 26.8 Å². The average Bonchev–Trinajstić information content (AvgIpc) is 2.55. The van der Waals surface area contributed by atoms with Crippen LogP contribution in [-0.4, -0.2) is 69.5 Å². The summed E-state index contributed by atoms with van der Waals surface area (Å²) < 4.78 is 20.1. The zero-order chi connectivity index (χ0) is 21.0. The Labute approximate surface area is 184 Å². The van der Waals surface area contributed by atoms with Gasteiger partial charge in [0.15, 0.2) is 0 Å². The minimum atomic E-state index is -2.69. The molecule has 0 spiro atoms. The van der Waals surface area contributed by atoms with Crippen LogP contribution in [0.5, 0.6) is 0 Å². The van der Waals surface area contributed by atoms with Gasteiger partial charge in [0, 0.05) is 19.3 Å². The molecule has 0 bridgehead atoms. The van der Waals surface area contributed by atoms with Crippen LogP contribution in [-0.2, 0) is 46.4 Å². The molecule has 0 N–H and O–H groups in total. The molecule has 1 aromatic carbocycles. The SMILES string of the molecule is CCOP(=O)(CCCc1[c-]c(CN(C)C)cc(CN(C)C)c1)N(C)C.[Br][Pt+]. The van der Waals surface area contributed by atoms with Crippen molar-refractivity contribution in [3.05, 3.63) is 34.9 Å². The molecular formula is C19H35BrN3O2PPt. The van der Waals surface area contributed by atoms with E-state index in [0.717, 1.165) is 25.9 Å². The molecule has 1 atom stereocenters. The van der Waals surface area contributed by atoms with E-state index in [1.165, 1.54) is 16.7 Å². The van der Waals surface area contributed by atoms with Gasteiger partial charge in [0.2, 0.25) is 0 Å². The summed E-state index contributed by atoms with van der Waals surface area (Å²) in [5, 5.41) is 0. The molecule has 0 saturated heterocycles. The summed E-state index contributed by atoms with van der Waals surface area (Å²) in [6.45, 7) is 4.16. The van der Waals surface area contributed by atoms with Gasteiger partial charge in [0.1, 0.15) is 0 Å². The van der Waals surface area contributed by atoms with E-state index in [2.05, 4.69) is 69.5 Å². The minimum absolute atomic E-state index is 0.479. The first-order chi connectivity index (χ1) is 12.7. The van der Waals surface area contributed by atoms with E-state index in [0.29, 0.717) is 12.8 Å². The number of halogens is 1. The Morgan fingerprint density at radius 2 is 1.59 bits per heavy atom. The second-order valence-electron chi connectivity index (χ2n) is 7.24. The summed E-state index contributed by atoms with van der Waals surface area (Å²) in [5.74, 6) is 0. The van der Waals surface area contributed by atoms with E-state index < -0.39 is 7.52 Å². The van der Waals surface area contributed by atoms with Crippen LogP contribution in [0.25, 0.3) is 0 Å². The fraction of sp³-hybridized carbons (Fsp3) is 0.684. The molecule has 5 nitrogen and oxygen atoms in total. The fourth-order valence-electron chi connectivity index (χ4n) is 2.84. The molecule has 0 aliphatic heterocycles. The van der Waals surface area contributed by atoms with Crippen LogP contribution in [0.1, 0.15) is 30.0 Å². The Balaban J connectivity index is 0.00000326. The van der Waals surface area contributed by atoms with Crippen LogP contribution in [0, 0.1) is 6.07 Å². The molecule has 0 aliphatic carbocycles. The summed E-state index contributed by atoms with van der Waals surface area (Å²) in [4.78, 5) is 4.33.